The summed E-state index contributed by atoms with van der Waals surface area (Å²) in [4.78, 5) is 40.9. The van der Waals surface area contributed by atoms with Crippen LogP contribution >= 0.6 is 0 Å². The number of fused-ring (bicyclic) bond motifs is 1. The van der Waals surface area contributed by atoms with Crippen molar-refractivity contribution in [1.82, 2.24) is 9.80 Å². The van der Waals surface area contributed by atoms with Crippen LogP contribution in [0.3, 0.4) is 0 Å². The van der Waals surface area contributed by atoms with Gasteiger partial charge < -0.3 is 15.5 Å². The zero-order chi connectivity index (χ0) is 16.7. The van der Waals surface area contributed by atoms with E-state index in [0.29, 0.717) is 17.8 Å². The van der Waals surface area contributed by atoms with Gasteiger partial charge in [0, 0.05) is 31.9 Å². The Hall–Kier alpha value is -2.57. The van der Waals surface area contributed by atoms with Gasteiger partial charge in [0.2, 0.25) is 5.91 Å². The molecule has 2 heterocycles. The zero-order valence-corrected chi connectivity index (χ0v) is 13.1. The number of rotatable bonds is 3. The second-order valence-electron chi connectivity index (χ2n) is 5.95. The highest BCUT2D eigenvalue weighted by Crippen LogP contribution is 2.34. The number of nitrogens with zero attached hydrogens (tertiary/aromatic N) is 3. The second kappa shape index (κ2) is 5.57. The molecule has 2 aliphatic rings. The van der Waals surface area contributed by atoms with Gasteiger partial charge in [-0.1, -0.05) is 0 Å². The van der Waals surface area contributed by atoms with Gasteiger partial charge in [-0.25, -0.2) is 4.79 Å². The number of hydrogen-bond acceptors (Lipinski definition) is 3. The standard InChI is InChI=1S/C16H19N4O3/c1-18(2)15(22)10-5-7-11(8-6-10)20-13(14(17)21)12-4-3-9-19(12)16(20)23/h4-8,12-13H,3,9H2,1-2H3,(H2,17,21)/t12-,13?/m1/s1. The Labute approximate surface area is 134 Å². The van der Waals surface area contributed by atoms with E-state index >= 15 is 0 Å². The summed E-state index contributed by atoms with van der Waals surface area (Å²) < 4.78 is 0. The molecule has 2 fully saturated rings. The van der Waals surface area contributed by atoms with Gasteiger partial charge in [0.25, 0.3) is 5.91 Å². The molecule has 4 amide bonds. The van der Waals surface area contributed by atoms with Crippen LogP contribution in [0.2, 0.25) is 0 Å². The average Bonchev–Trinajstić information content (AvgIpc) is 3.08. The van der Waals surface area contributed by atoms with Crippen LogP contribution in [0.4, 0.5) is 10.5 Å². The summed E-state index contributed by atoms with van der Waals surface area (Å²) in [5.74, 6) is -0.651. The number of primary amides is 1. The Kier molecular flexibility index (Phi) is 3.71. The molecule has 7 nitrogen and oxygen atoms in total. The lowest BCUT2D eigenvalue weighted by atomic mass is 10.0. The molecule has 1 aromatic rings. The Morgan fingerprint density at radius 3 is 2.43 bits per heavy atom. The summed E-state index contributed by atoms with van der Waals surface area (Å²) in [6, 6.07) is 5.44. The van der Waals surface area contributed by atoms with E-state index in [1.54, 1.807) is 43.3 Å². The number of anilines is 1. The van der Waals surface area contributed by atoms with Gasteiger partial charge in [-0.2, -0.15) is 0 Å². The third kappa shape index (κ3) is 2.42. The lowest BCUT2D eigenvalue weighted by Gasteiger charge is -2.23. The molecule has 1 unspecified atom stereocenters. The summed E-state index contributed by atoms with van der Waals surface area (Å²) in [5.41, 5.74) is 6.61. The maximum atomic E-state index is 12.6. The van der Waals surface area contributed by atoms with Crippen molar-refractivity contribution in [1.29, 1.82) is 0 Å². The Bertz CT molecular complexity index is 656. The number of carbonyl (C=O) groups excluding carboxylic acids is 3. The minimum atomic E-state index is -0.708. The zero-order valence-electron chi connectivity index (χ0n) is 13.1. The summed E-state index contributed by atoms with van der Waals surface area (Å²) in [7, 11) is 3.35. The molecule has 0 bridgehead atoms. The van der Waals surface area contributed by atoms with Crippen molar-refractivity contribution in [3.63, 3.8) is 0 Å². The first-order valence-corrected chi connectivity index (χ1v) is 7.46. The van der Waals surface area contributed by atoms with Crippen molar-refractivity contribution >= 4 is 23.5 Å². The third-order valence-electron chi connectivity index (χ3n) is 4.28. The highest BCUT2D eigenvalue weighted by atomic mass is 16.2. The summed E-state index contributed by atoms with van der Waals surface area (Å²) in [5, 5.41) is 0. The molecule has 2 aliphatic heterocycles. The summed E-state index contributed by atoms with van der Waals surface area (Å²) in [6.45, 7) is 0.598. The van der Waals surface area contributed by atoms with Crippen LogP contribution in [-0.2, 0) is 4.79 Å². The molecular formula is C16H19N4O3. The molecule has 121 valence electrons. The van der Waals surface area contributed by atoms with Crippen LogP contribution < -0.4 is 10.6 Å². The quantitative estimate of drug-likeness (QED) is 0.879. The Morgan fingerprint density at radius 2 is 1.87 bits per heavy atom. The Balaban J connectivity index is 1.92. The predicted molar refractivity (Wildman–Crippen MR) is 84.7 cm³/mol. The lowest BCUT2D eigenvalue weighted by Crippen LogP contribution is -2.46. The molecule has 0 saturated carbocycles. The van der Waals surface area contributed by atoms with E-state index in [1.165, 1.54) is 9.80 Å². The van der Waals surface area contributed by atoms with Crippen LogP contribution in [0.25, 0.3) is 0 Å². The molecule has 0 spiro atoms. The molecule has 1 aromatic carbocycles. The third-order valence-corrected chi connectivity index (χ3v) is 4.28. The number of urea groups is 1. The molecular weight excluding hydrogens is 296 g/mol. The maximum absolute atomic E-state index is 12.6. The summed E-state index contributed by atoms with van der Waals surface area (Å²) in [6.07, 6.45) is 2.72. The first-order valence-electron chi connectivity index (χ1n) is 7.46. The van der Waals surface area contributed by atoms with Gasteiger partial charge >= 0.3 is 6.03 Å². The van der Waals surface area contributed by atoms with E-state index < -0.39 is 11.9 Å². The SMILES string of the molecule is CN(C)C(=O)c1ccc(N2C(=O)N3CC[CH][C@@H]3C2C(N)=O)cc1. The van der Waals surface area contributed by atoms with Crippen molar-refractivity contribution in [3.8, 4) is 0 Å². The van der Waals surface area contributed by atoms with Gasteiger partial charge in [-0.3, -0.25) is 14.5 Å². The molecule has 2 atom stereocenters. The van der Waals surface area contributed by atoms with Gasteiger partial charge in [0.1, 0.15) is 6.04 Å². The molecule has 7 heteroatoms. The van der Waals surface area contributed by atoms with E-state index in [2.05, 4.69) is 0 Å². The van der Waals surface area contributed by atoms with Gasteiger partial charge in [0.15, 0.2) is 0 Å². The molecule has 2 saturated heterocycles. The van der Waals surface area contributed by atoms with Crippen molar-refractivity contribution in [3.05, 3.63) is 36.2 Å². The number of hydrogen-bond donors (Lipinski definition) is 1. The fourth-order valence-electron chi connectivity index (χ4n) is 3.18. The fraction of sp³-hybridized carbons (Fsp3) is 0.375. The van der Waals surface area contributed by atoms with Crippen LogP contribution in [0.15, 0.2) is 24.3 Å². The fourth-order valence-corrected chi connectivity index (χ4v) is 3.18. The molecule has 0 aliphatic carbocycles. The summed E-state index contributed by atoms with van der Waals surface area (Å²) >= 11 is 0. The van der Waals surface area contributed by atoms with Gasteiger partial charge in [-0.05, 0) is 37.1 Å². The van der Waals surface area contributed by atoms with Crippen LogP contribution in [0.1, 0.15) is 16.8 Å². The lowest BCUT2D eigenvalue weighted by molar-refractivity contribution is -0.119. The van der Waals surface area contributed by atoms with Crippen LogP contribution in [0, 0.1) is 6.42 Å². The second-order valence-corrected chi connectivity index (χ2v) is 5.95. The van der Waals surface area contributed by atoms with E-state index in [-0.39, 0.29) is 18.0 Å². The van der Waals surface area contributed by atoms with E-state index in [0.717, 1.165) is 6.42 Å². The molecule has 23 heavy (non-hydrogen) atoms. The molecule has 1 radical (unpaired) electrons. The number of benzene rings is 1. The Morgan fingerprint density at radius 1 is 1.22 bits per heavy atom. The monoisotopic (exact) mass is 315 g/mol. The average molecular weight is 315 g/mol. The molecule has 3 rings (SSSR count). The predicted octanol–water partition coefficient (Wildman–Crippen LogP) is 0.461. The smallest absolute Gasteiger partial charge is 0.325 e. The topological polar surface area (TPSA) is 87.0 Å². The minimum Gasteiger partial charge on any atom is -0.368 e. The van der Waals surface area contributed by atoms with E-state index in [4.69, 9.17) is 5.73 Å². The normalized spacial score (nSPS) is 23.1. The molecule has 2 N–H and O–H groups in total. The maximum Gasteiger partial charge on any atom is 0.325 e. The highest BCUT2D eigenvalue weighted by Gasteiger charge is 2.51. The van der Waals surface area contributed by atoms with Crippen molar-refractivity contribution in [2.45, 2.75) is 18.5 Å². The minimum absolute atomic E-state index is 0.121. The number of amides is 4. The van der Waals surface area contributed by atoms with Crippen LogP contribution in [-0.4, -0.2) is 60.4 Å². The van der Waals surface area contributed by atoms with Gasteiger partial charge in [0.05, 0.1) is 6.04 Å². The van der Waals surface area contributed by atoms with Crippen molar-refractivity contribution < 1.29 is 14.4 Å². The van der Waals surface area contributed by atoms with Crippen LogP contribution in [0.5, 0.6) is 0 Å². The number of carbonyl (C=O) groups is 3. The van der Waals surface area contributed by atoms with E-state index in [1.807, 2.05) is 6.42 Å². The first-order chi connectivity index (χ1) is 10.9. The highest BCUT2D eigenvalue weighted by molar-refractivity contribution is 6.04. The van der Waals surface area contributed by atoms with E-state index in [9.17, 15) is 14.4 Å². The van der Waals surface area contributed by atoms with Gasteiger partial charge in [-0.15, -0.1) is 0 Å². The largest absolute Gasteiger partial charge is 0.368 e. The number of nitrogens with two attached hydrogens (primary N) is 1. The van der Waals surface area contributed by atoms with Crippen molar-refractivity contribution in [2.75, 3.05) is 25.5 Å². The van der Waals surface area contributed by atoms with Crippen molar-refractivity contribution in [2.24, 2.45) is 5.73 Å². The molecule has 0 aromatic heterocycles. The first kappa shape index (κ1) is 15.3.